The van der Waals surface area contributed by atoms with E-state index in [2.05, 4.69) is 26.5 Å². The van der Waals surface area contributed by atoms with Gasteiger partial charge in [-0.25, -0.2) is 5.43 Å². The first-order chi connectivity index (χ1) is 16.6. The van der Waals surface area contributed by atoms with E-state index in [4.69, 9.17) is 9.47 Å². The highest BCUT2D eigenvalue weighted by atomic mass is 79.9. The molecule has 0 spiro atoms. The molecular weight excluding hydrogens is 524 g/mol. The SMILES string of the molecule is Cc1cc(C)c(OCC(=O)N/N=C/c2cccc(Oc3ccc([N+](=O)[O-])cc3[N+](=O)[O-])c2)c(Br)c1. The van der Waals surface area contributed by atoms with Gasteiger partial charge in [-0.2, -0.15) is 5.10 Å². The lowest BCUT2D eigenvalue weighted by Crippen LogP contribution is -2.24. The summed E-state index contributed by atoms with van der Waals surface area (Å²) in [6.45, 7) is 3.59. The van der Waals surface area contributed by atoms with Gasteiger partial charge in [0.05, 0.1) is 26.6 Å². The summed E-state index contributed by atoms with van der Waals surface area (Å²) in [6, 6.07) is 13.3. The molecule has 35 heavy (non-hydrogen) atoms. The lowest BCUT2D eigenvalue weighted by atomic mass is 10.1. The van der Waals surface area contributed by atoms with Crippen molar-refractivity contribution in [3.8, 4) is 17.2 Å². The second-order valence-corrected chi connectivity index (χ2v) is 8.17. The molecule has 3 aromatic carbocycles. The van der Waals surface area contributed by atoms with Gasteiger partial charge in [-0.15, -0.1) is 0 Å². The standard InChI is InChI=1S/C23H19BrN4O7/c1-14-8-15(2)23(19(24)9-14)34-13-22(29)26-25-12-16-4-3-5-18(10-16)35-21-7-6-17(27(30)31)11-20(21)28(32)33/h3-12H,13H2,1-2H3,(H,26,29)/b25-12+. The van der Waals surface area contributed by atoms with Crippen LogP contribution in [0.25, 0.3) is 0 Å². The number of hydrazone groups is 1. The summed E-state index contributed by atoms with van der Waals surface area (Å²) in [4.78, 5) is 32.8. The maximum atomic E-state index is 12.1. The van der Waals surface area contributed by atoms with Crippen molar-refractivity contribution in [3.63, 3.8) is 0 Å². The molecule has 0 aromatic heterocycles. The molecule has 0 atom stereocenters. The third-order valence-corrected chi connectivity index (χ3v) is 5.15. The Morgan fingerprint density at radius 3 is 2.54 bits per heavy atom. The number of nitro groups is 2. The number of hydrogen-bond acceptors (Lipinski definition) is 8. The molecule has 11 nitrogen and oxygen atoms in total. The van der Waals surface area contributed by atoms with E-state index in [9.17, 15) is 25.0 Å². The molecule has 0 fully saturated rings. The number of benzene rings is 3. The zero-order chi connectivity index (χ0) is 25.5. The smallest absolute Gasteiger partial charge is 0.318 e. The van der Waals surface area contributed by atoms with Crippen LogP contribution in [0.1, 0.15) is 16.7 Å². The topological polar surface area (TPSA) is 146 Å². The van der Waals surface area contributed by atoms with E-state index in [-0.39, 0.29) is 18.1 Å². The second kappa shape index (κ2) is 11.2. The van der Waals surface area contributed by atoms with Crippen LogP contribution in [0.4, 0.5) is 11.4 Å². The van der Waals surface area contributed by atoms with Crippen LogP contribution in [0.5, 0.6) is 17.2 Å². The molecule has 1 N–H and O–H groups in total. The maximum absolute atomic E-state index is 12.1. The highest BCUT2D eigenvalue weighted by molar-refractivity contribution is 9.10. The van der Waals surface area contributed by atoms with Gasteiger partial charge in [0.2, 0.25) is 5.75 Å². The maximum Gasteiger partial charge on any atom is 0.318 e. The average molecular weight is 543 g/mol. The zero-order valence-corrected chi connectivity index (χ0v) is 20.1. The fourth-order valence-electron chi connectivity index (χ4n) is 3.07. The molecule has 180 valence electrons. The van der Waals surface area contributed by atoms with Crippen LogP contribution >= 0.6 is 15.9 Å². The molecule has 0 radical (unpaired) electrons. The van der Waals surface area contributed by atoms with E-state index in [1.165, 1.54) is 12.3 Å². The molecule has 0 aliphatic rings. The molecule has 0 saturated heterocycles. The highest BCUT2D eigenvalue weighted by Crippen LogP contribution is 2.34. The molecule has 0 aliphatic carbocycles. The molecule has 0 saturated carbocycles. The fraction of sp³-hybridized carbons (Fsp3) is 0.130. The quantitative estimate of drug-likeness (QED) is 0.222. The van der Waals surface area contributed by atoms with Crippen molar-refractivity contribution in [2.75, 3.05) is 6.61 Å². The normalized spacial score (nSPS) is 10.7. The first-order valence-electron chi connectivity index (χ1n) is 10.1. The van der Waals surface area contributed by atoms with E-state index in [0.717, 1.165) is 33.8 Å². The summed E-state index contributed by atoms with van der Waals surface area (Å²) in [5, 5.41) is 26.0. The number of ether oxygens (including phenoxy) is 2. The molecule has 3 rings (SSSR count). The minimum atomic E-state index is -0.762. The Morgan fingerprint density at radius 2 is 1.86 bits per heavy atom. The predicted molar refractivity (Wildman–Crippen MR) is 131 cm³/mol. The monoisotopic (exact) mass is 542 g/mol. The van der Waals surface area contributed by atoms with Gasteiger partial charge in [-0.1, -0.05) is 18.2 Å². The van der Waals surface area contributed by atoms with E-state index in [1.54, 1.807) is 18.2 Å². The first-order valence-corrected chi connectivity index (χ1v) is 10.9. The molecule has 12 heteroatoms. The Kier molecular flexibility index (Phi) is 8.10. The van der Waals surface area contributed by atoms with Gasteiger partial charge in [0.15, 0.2) is 6.61 Å². The number of amides is 1. The molecule has 3 aromatic rings. The largest absolute Gasteiger partial charge is 0.482 e. The number of carbonyl (C=O) groups is 1. The van der Waals surface area contributed by atoms with Crippen molar-refractivity contribution in [2.45, 2.75) is 13.8 Å². The number of nitrogens with zero attached hydrogens (tertiary/aromatic N) is 3. The van der Waals surface area contributed by atoms with Gasteiger partial charge in [0, 0.05) is 6.07 Å². The minimum absolute atomic E-state index is 0.155. The second-order valence-electron chi connectivity index (χ2n) is 7.32. The highest BCUT2D eigenvalue weighted by Gasteiger charge is 2.21. The summed E-state index contributed by atoms with van der Waals surface area (Å²) in [6.07, 6.45) is 1.36. The Balaban J connectivity index is 1.63. The van der Waals surface area contributed by atoms with Crippen LogP contribution in [0, 0.1) is 34.1 Å². The summed E-state index contributed by atoms with van der Waals surface area (Å²) >= 11 is 3.42. The third kappa shape index (κ3) is 6.84. The Bertz CT molecular complexity index is 1300. The van der Waals surface area contributed by atoms with Gasteiger partial charge >= 0.3 is 5.69 Å². The van der Waals surface area contributed by atoms with Crippen LogP contribution in [0.15, 0.2) is 64.2 Å². The van der Waals surface area contributed by atoms with E-state index < -0.39 is 27.1 Å². The summed E-state index contributed by atoms with van der Waals surface area (Å²) in [5.41, 5.74) is 3.88. The number of carbonyl (C=O) groups excluding carboxylic acids is 1. The Labute approximate surface area is 207 Å². The van der Waals surface area contributed by atoms with E-state index >= 15 is 0 Å². The van der Waals surface area contributed by atoms with Gasteiger partial charge < -0.3 is 9.47 Å². The van der Waals surface area contributed by atoms with Crippen molar-refractivity contribution < 1.29 is 24.1 Å². The predicted octanol–water partition coefficient (Wildman–Crippen LogP) is 5.20. The lowest BCUT2D eigenvalue weighted by molar-refractivity contribution is -0.394. The molecular formula is C23H19BrN4O7. The van der Waals surface area contributed by atoms with Crippen LogP contribution in [0.3, 0.4) is 0 Å². The number of hydrogen-bond donors (Lipinski definition) is 1. The number of nitro benzene ring substituents is 2. The van der Waals surface area contributed by atoms with E-state index in [0.29, 0.717) is 11.3 Å². The third-order valence-electron chi connectivity index (χ3n) is 4.56. The van der Waals surface area contributed by atoms with Gasteiger partial charge in [0.1, 0.15) is 11.5 Å². The van der Waals surface area contributed by atoms with Crippen LogP contribution in [-0.4, -0.2) is 28.6 Å². The molecule has 0 bridgehead atoms. The van der Waals surface area contributed by atoms with Crippen molar-refractivity contribution in [3.05, 3.63) is 96.0 Å². The molecule has 1 amide bonds. The molecule has 0 unspecified atom stereocenters. The fourth-order valence-corrected chi connectivity index (χ4v) is 3.86. The first kappa shape index (κ1) is 25.3. The number of rotatable bonds is 9. The van der Waals surface area contributed by atoms with Crippen molar-refractivity contribution in [1.82, 2.24) is 5.43 Å². The summed E-state index contributed by atoms with van der Waals surface area (Å²) in [7, 11) is 0. The minimum Gasteiger partial charge on any atom is -0.482 e. The Hall–Kier alpha value is -4.32. The van der Waals surface area contributed by atoms with Crippen molar-refractivity contribution >= 4 is 39.4 Å². The summed E-state index contributed by atoms with van der Waals surface area (Å²) < 4.78 is 11.9. The van der Waals surface area contributed by atoms with Crippen molar-refractivity contribution in [2.24, 2.45) is 5.10 Å². The van der Waals surface area contributed by atoms with Crippen molar-refractivity contribution in [1.29, 1.82) is 0 Å². The van der Waals surface area contributed by atoms with Gasteiger partial charge in [-0.3, -0.25) is 25.0 Å². The number of halogens is 1. The van der Waals surface area contributed by atoms with Crippen LogP contribution < -0.4 is 14.9 Å². The number of aryl methyl sites for hydroxylation is 2. The lowest BCUT2D eigenvalue weighted by Gasteiger charge is -2.11. The van der Waals surface area contributed by atoms with Gasteiger partial charge in [0.25, 0.3) is 11.6 Å². The van der Waals surface area contributed by atoms with Crippen LogP contribution in [0.2, 0.25) is 0 Å². The number of nitrogens with one attached hydrogen (secondary N) is 1. The summed E-state index contributed by atoms with van der Waals surface area (Å²) in [5.74, 6) is 0.180. The number of non-ortho nitro benzene ring substituents is 1. The van der Waals surface area contributed by atoms with E-state index in [1.807, 2.05) is 26.0 Å². The average Bonchev–Trinajstić information content (AvgIpc) is 2.78. The zero-order valence-electron chi connectivity index (χ0n) is 18.6. The van der Waals surface area contributed by atoms with Crippen LogP contribution in [-0.2, 0) is 4.79 Å². The van der Waals surface area contributed by atoms with Gasteiger partial charge in [-0.05, 0) is 70.7 Å². The Morgan fingerprint density at radius 1 is 1.09 bits per heavy atom. The molecule has 0 heterocycles. The molecule has 0 aliphatic heterocycles.